The molecule has 1 aliphatic rings. The molecule has 0 saturated heterocycles. The van der Waals surface area contributed by atoms with Crippen molar-refractivity contribution in [3.05, 3.63) is 40.8 Å². The normalized spacial score (nSPS) is 19.1. The molecule has 0 spiro atoms. The Morgan fingerprint density at radius 2 is 2.18 bits per heavy atom. The van der Waals surface area contributed by atoms with Gasteiger partial charge in [0.15, 0.2) is 0 Å². The van der Waals surface area contributed by atoms with Crippen LogP contribution in [0.1, 0.15) is 19.2 Å². The Morgan fingerprint density at radius 3 is 3.00 bits per heavy atom. The molecule has 0 amide bonds. The van der Waals surface area contributed by atoms with E-state index in [0.29, 0.717) is 0 Å². The zero-order valence-electron chi connectivity index (χ0n) is 9.86. The van der Waals surface area contributed by atoms with Gasteiger partial charge in [-0.05, 0) is 18.4 Å². The van der Waals surface area contributed by atoms with Gasteiger partial charge >= 0.3 is 0 Å². The van der Waals surface area contributed by atoms with Gasteiger partial charge in [-0.3, -0.25) is 0 Å². The minimum absolute atomic E-state index is 0.761. The minimum atomic E-state index is 0.761. The molecule has 17 heavy (non-hydrogen) atoms. The summed E-state index contributed by atoms with van der Waals surface area (Å²) < 4.78 is 3.41. The van der Waals surface area contributed by atoms with E-state index < -0.39 is 0 Å². The number of fused-ring (bicyclic) bond motifs is 1. The van der Waals surface area contributed by atoms with Crippen molar-refractivity contribution >= 4 is 15.9 Å². The minimum Gasteiger partial charge on any atom is -0.334 e. The topological polar surface area (TPSA) is 17.8 Å². The van der Waals surface area contributed by atoms with Gasteiger partial charge in [-0.2, -0.15) is 0 Å². The van der Waals surface area contributed by atoms with Crippen LogP contribution < -0.4 is 0 Å². The first-order chi connectivity index (χ1) is 8.24. The highest BCUT2D eigenvalue weighted by Crippen LogP contribution is 2.29. The average Bonchev–Trinajstić information content (AvgIpc) is 2.72. The van der Waals surface area contributed by atoms with Crippen molar-refractivity contribution in [2.75, 3.05) is 0 Å². The molecule has 0 fully saturated rings. The lowest BCUT2D eigenvalue weighted by molar-refractivity contribution is 0.409. The van der Waals surface area contributed by atoms with Crippen LogP contribution in [-0.2, 0) is 13.0 Å². The lowest BCUT2D eigenvalue weighted by atomic mass is 10.0. The molecule has 2 aromatic rings. The second-order valence-corrected chi connectivity index (χ2v) is 5.67. The Morgan fingerprint density at radius 1 is 1.35 bits per heavy atom. The summed E-state index contributed by atoms with van der Waals surface area (Å²) in [7, 11) is 0. The van der Waals surface area contributed by atoms with Gasteiger partial charge in [0, 0.05) is 29.2 Å². The van der Waals surface area contributed by atoms with Crippen molar-refractivity contribution in [1.29, 1.82) is 0 Å². The Hall–Kier alpha value is -1.09. The van der Waals surface area contributed by atoms with Crippen LogP contribution >= 0.6 is 15.9 Å². The number of rotatable bonds is 1. The van der Waals surface area contributed by atoms with E-state index in [1.165, 1.54) is 17.8 Å². The molecule has 0 aliphatic carbocycles. The van der Waals surface area contributed by atoms with Gasteiger partial charge < -0.3 is 4.57 Å². The highest BCUT2D eigenvalue weighted by molar-refractivity contribution is 9.10. The molecule has 0 N–H and O–H groups in total. The van der Waals surface area contributed by atoms with Crippen LogP contribution in [0.5, 0.6) is 0 Å². The first-order valence-electron chi connectivity index (χ1n) is 6.05. The summed E-state index contributed by atoms with van der Waals surface area (Å²) in [6.45, 7) is 3.41. The van der Waals surface area contributed by atoms with Crippen molar-refractivity contribution in [1.82, 2.24) is 9.55 Å². The SMILES string of the molecule is C[C@@H]1CCn2cc(-c3ccccc3Br)nc2C1. The predicted molar refractivity (Wildman–Crippen MR) is 72.8 cm³/mol. The van der Waals surface area contributed by atoms with Crippen LogP contribution in [0.2, 0.25) is 0 Å². The highest BCUT2D eigenvalue weighted by Gasteiger charge is 2.18. The summed E-state index contributed by atoms with van der Waals surface area (Å²) in [6, 6.07) is 8.27. The fraction of sp³-hybridized carbons (Fsp3) is 0.357. The first kappa shape index (κ1) is 11.0. The van der Waals surface area contributed by atoms with Crippen LogP contribution in [0.3, 0.4) is 0 Å². The third-order valence-corrected chi connectivity index (χ3v) is 4.09. The lowest BCUT2D eigenvalue weighted by Crippen LogP contribution is -2.16. The molecule has 88 valence electrons. The van der Waals surface area contributed by atoms with Gasteiger partial charge in [0.05, 0.1) is 5.69 Å². The monoisotopic (exact) mass is 290 g/mol. The van der Waals surface area contributed by atoms with Gasteiger partial charge in [0.25, 0.3) is 0 Å². The van der Waals surface area contributed by atoms with Crippen molar-refractivity contribution in [3.8, 4) is 11.3 Å². The number of aryl methyl sites for hydroxylation is 1. The second-order valence-electron chi connectivity index (χ2n) is 4.81. The van der Waals surface area contributed by atoms with E-state index in [9.17, 15) is 0 Å². The number of nitrogens with zero attached hydrogens (tertiary/aromatic N) is 2. The zero-order valence-corrected chi connectivity index (χ0v) is 11.4. The van der Waals surface area contributed by atoms with Crippen molar-refractivity contribution in [2.45, 2.75) is 26.3 Å². The van der Waals surface area contributed by atoms with E-state index in [1.807, 2.05) is 6.07 Å². The molecular formula is C14H15BrN2. The Labute approximate surface area is 110 Å². The number of aromatic nitrogens is 2. The lowest BCUT2D eigenvalue weighted by Gasteiger charge is -2.18. The van der Waals surface area contributed by atoms with Crippen LogP contribution in [0.15, 0.2) is 34.9 Å². The summed E-state index contributed by atoms with van der Waals surface area (Å²) in [5.74, 6) is 1.99. The molecule has 3 rings (SSSR count). The van der Waals surface area contributed by atoms with E-state index in [2.05, 4.69) is 51.8 Å². The van der Waals surface area contributed by atoms with Crippen molar-refractivity contribution in [2.24, 2.45) is 5.92 Å². The van der Waals surface area contributed by atoms with E-state index in [0.717, 1.165) is 29.1 Å². The smallest absolute Gasteiger partial charge is 0.109 e. The molecule has 1 aromatic carbocycles. The van der Waals surface area contributed by atoms with E-state index in [1.54, 1.807) is 0 Å². The summed E-state index contributed by atoms with van der Waals surface area (Å²) in [5, 5.41) is 0. The molecule has 2 heterocycles. The van der Waals surface area contributed by atoms with Gasteiger partial charge in [0.1, 0.15) is 5.82 Å². The van der Waals surface area contributed by atoms with Crippen molar-refractivity contribution < 1.29 is 0 Å². The maximum absolute atomic E-state index is 4.77. The van der Waals surface area contributed by atoms with Gasteiger partial charge in [-0.15, -0.1) is 0 Å². The van der Waals surface area contributed by atoms with E-state index >= 15 is 0 Å². The first-order valence-corrected chi connectivity index (χ1v) is 6.84. The molecule has 0 radical (unpaired) electrons. The Kier molecular flexibility index (Phi) is 2.79. The zero-order chi connectivity index (χ0) is 11.8. The standard InChI is InChI=1S/C14H15BrN2/c1-10-6-7-17-9-13(16-14(17)8-10)11-4-2-3-5-12(11)15/h2-5,9-10H,6-8H2,1H3/t10-/m1/s1. The quantitative estimate of drug-likeness (QED) is 0.779. The maximum atomic E-state index is 4.77. The molecule has 0 unspecified atom stereocenters. The summed E-state index contributed by atoms with van der Waals surface area (Å²) >= 11 is 3.59. The molecule has 1 atom stereocenters. The van der Waals surface area contributed by atoms with Gasteiger partial charge in [-0.1, -0.05) is 41.1 Å². The van der Waals surface area contributed by atoms with Crippen molar-refractivity contribution in [3.63, 3.8) is 0 Å². The molecule has 3 heteroatoms. The fourth-order valence-electron chi connectivity index (χ4n) is 2.38. The number of hydrogen-bond donors (Lipinski definition) is 0. The van der Waals surface area contributed by atoms with Gasteiger partial charge in [0.2, 0.25) is 0 Å². The van der Waals surface area contributed by atoms with Crippen LogP contribution in [0, 0.1) is 5.92 Å². The highest BCUT2D eigenvalue weighted by atomic mass is 79.9. The largest absolute Gasteiger partial charge is 0.334 e. The second kappa shape index (κ2) is 4.30. The predicted octanol–water partition coefficient (Wildman–Crippen LogP) is 3.89. The molecule has 0 saturated carbocycles. The summed E-state index contributed by atoms with van der Waals surface area (Å²) in [5.41, 5.74) is 2.27. The number of hydrogen-bond acceptors (Lipinski definition) is 1. The van der Waals surface area contributed by atoms with Crippen LogP contribution in [0.4, 0.5) is 0 Å². The molecule has 2 nitrogen and oxygen atoms in total. The fourth-order valence-corrected chi connectivity index (χ4v) is 2.87. The third-order valence-electron chi connectivity index (χ3n) is 3.40. The average molecular weight is 291 g/mol. The summed E-state index contributed by atoms with van der Waals surface area (Å²) in [4.78, 5) is 4.77. The number of halogens is 1. The number of benzene rings is 1. The molecule has 1 aliphatic heterocycles. The van der Waals surface area contributed by atoms with E-state index in [4.69, 9.17) is 4.98 Å². The summed E-state index contributed by atoms with van der Waals surface area (Å²) in [6.07, 6.45) is 4.55. The van der Waals surface area contributed by atoms with Crippen LogP contribution in [-0.4, -0.2) is 9.55 Å². The van der Waals surface area contributed by atoms with Crippen LogP contribution in [0.25, 0.3) is 11.3 Å². The third kappa shape index (κ3) is 2.04. The Bertz CT molecular complexity index is 545. The Balaban J connectivity index is 2.03. The van der Waals surface area contributed by atoms with E-state index in [-0.39, 0.29) is 0 Å². The maximum Gasteiger partial charge on any atom is 0.109 e. The molecule has 1 aromatic heterocycles. The molecular weight excluding hydrogens is 276 g/mol. The number of imidazole rings is 1. The van der Waals surface area contributed by atoms with Gasteiger partial charge in [-0.25, -0.2) is 4.98 Å². The molecule has 0 bridgehead atoms.